The van der Waals surface area contributed by atoms with Gasteiger partial charge in [0.15, 0.2) is 0 Å². The second-order valence-corrected chi connectivity index (χ2v) is 2.64. The molecule has 1 N–H and O–H groups in total. The summed E-state index contributed by atoms with van der Waals surface area (Å²) in [4.78, 5) is 21.9. The topological polar surface area (TPSA) is 49.4 Å². The molecule has 1 heterocycles. The fourth-order valence-corrected chi connectivity index (χ4v) is 0.964. The molecule has 1 rings (SSSR count). The van der Waals surface area contributed by atoms with Crippen molar-refractivity contribution in [2.24, 2.45) is 0 Å². The third-order valence-corrected chi connectivity index (χ3v) is 1.49. The number of nitrogens with zero attached hydrogens (tertiary/aromatic N) is 1. The Kier molecular flexibility index (Phi) is 2.44. The van der Waals surface area contributed by atoms with Crippen molar-refractivity contribution in [3.63, 3.8) is 0 Å². The molecule has 1 aliphatic heterocycles. The van der Waals surface area contributed by atoms with Gasteiger partial charge in [-0.2, -0.15) is 13.2 Å². The van der Waals surface area contributed by atoms with Gasteiger partial charge in [0.2, 0.25) is 11.8 Å². The molecule has 0 saturated carbocycles. The van der Waals surface area contributed by atoms with E-state index >= 15 is 0 Å². The molecule has 13 heavy (non-hydrogen) atoms. The minimum Gasteiger partial charge on any atom is -0.345 e. The maximum absolute atomic E-state index is 11.8. The van der Waals surface area contributed by atoms with Gasteiger partial charge in [-0.05, 0) is 0 Å². The molecule has 1 saturated heterocycles. The number of nitrogens with one attached hydrogen (secondary N) is 1. The van der Waals surface area contributed by atoms with Crippen molar-refractivity contribution in [2.45, 2.75) is 6.18 Å². The molecule has 0 radical (unpaired) electrons. The molecular weight excluding hydrogens is 189 g/mol. The molecule has 74 valence electrons. The van der Waals surface area contributed by atoms with E-state index in [-0.39, 0.29) is 6.54 Å². The Morgan fingerprint density at radius 3 is 2.54 bits per heavy atom. The van der Waals surface area contributed by atoms with Crippen molar-refractivity contribution < 1.29 is 22.8 Å². The van der Waals surface area contributed by atoms with Crippen LogP contribution in [0.1, 0.15) is 0 Å². The van der Waals surface area contributed by atoms with E-state index in [1.165, 1.54) is 0 Å². The second-order valence-electron chi connectivity index (χ2n) is 2.64. The van der Waals surface area contributed by atoms with Crippen LogP contribution in [0.15, 0.2) is 0 Å². The first-order valence-corrected chi connectivity index (χ1v) is 3.50. The van der Waals surface area contributed by atoms with Crippen molar-refractivity contribution in [1.82, 2.24) is 10.2 Å². The molecular formula is C6H7F3N2O2. The van der Waals surface area contributed by atoms with Crippen LogP contribution in [0, 0.1) is 0 Å². The summed E-state index contributed by atoms with van der Waals surface area (Å²) < 4.78 is 35.4. The molecule has 0 atom stereocenters. The van der Waals surface area contributed by atoms with E-state index in [9.17, 15) is 22.8 Å². The van der Waals surface area contributed by atoms with Crippen molar-refractivity contribution in [3.8, 4) is 0 Å². The number of hydrogen-bond acceptors (Lipinski definition) is 2. The smallest absolute Gasteiger partial charge is 0.345 e. The highest BCUT2D eigenvalue weighted by atomic mass is 19.4. The molecule has 0 aliphatic carbocycles. The standard InChI is InChI=1S/C6H7F3N2O2/c7-6(8,9)3-11-2-4(12)10-1-5(11)13/h1-3H2,(H,10,12). The summed E-state index contributed by atoms with van der Waals surface area (Å²) in [7, 11) is 0. The zero-order chi connectivity index (χ0) is 10.1. The van der Waals surface area contributed by atoms with Gasteiger partial charge >= 0.3 is 6.18 Å². The van der Waals surface area contributed by atoms with Crippen LogP contribution in [0.5, 0.6) is 0 Å². The quantitative estimate of drug-likeness (QED) is 0.615. The third-order valence-electron chi connectivity index (χ3n) is 1.49. The molecule has 0 aromatic rings. The first kappa shape index (κ1) is 9.82. The number of carbonyl (C=O) groups is 2. The normalized spacial score (nSPS) is 18.8. The van der Waals surface area contributed by atoms with Gasteiger partial charge in [-0.3, -0.25) is 9.59 Å². The summed E-state index contributed by atoms with van der Waals surface area (Å²) in [5, 5.41) is 2.15. The molecule has 1 aliphatic rings. The van der Waals surface area contributed by atoms with E-state index in [1.807, 2.05) is 0 Å². The highest BCUT2D eigenvalue weighted by Crippen LogP contribution is 2.16. The number of hydrogen-bond donors (Lipinski definition) is 1. The Balaban J connectivity index is 2.57. The summed E-state index contributed by atoms with van der Waals surface area (Å²) >= 11 is 0. The van der Waals surface area contributed by atoms with Crippen molar-refractivity contribution in [2.75, 3.05) is 19.6 Å². The van der Waals surface area contributed by atoms with Crippen LogP contribution in [0.2, 0.25) is 0 Å². The maximum Gasteiger partial charge on any atom is 0.406 e. The molecule has 0 bridgehead atoms. The molecule has 1 fully saturated rings. The van der Waals surface area contributed by atoms with Crippen LogP contribution in [0.3, 0.4) is 0 Å². The molecule has 0 aromatic carbocycles. The van der Waals surface area contributed by atoms with E-state index in [4.69, 9.17) is 0 Å². The second kappa shape index (κ2) is 3.23. The number of amides is 2. The van der Waals surface area contributed by atoms with Crippen LogP contribution in [-0.4, -0.2) is 42.5 Å². The van der Waals surface area contributed by atoms with E-state index in [0.717, 1.165) is 0 Å². The largest absolute Gasteiger partial charge is 0.406 e. The lowest BCUT2D eigenvalue weighted by atomic mass is 10.3. The molecule has 0 aromatic heterocycles. The van der Waals surface area contributed by atoms with Crippen LogP contribution >= 0.6 is 0 Å². The monoisotopic (exact) mass is 196 g/mol. The number of piperazine rings is 1. The first-order valence-electron chi connectivity index (χ1n) is 3.50. The number of rotatable bonds is 1. The van der Waals surface area contributed by atoms with Crippen LogP contribution in [0.4, 0.5) is 13.2 Å². The number of carbonyl (C=O) groups excluding carboxylic acids is 2. The van der Waals surface area contributed by atoms with Crippen LogP contribution in [-0.2, 0) is 9.59 Å². The fourth-order valence-electron chi connectivity index (χ4n) is 0.964. The Hall–Kier alpha value is -1.27. The lowest BCUT2D eigenvalue weighted by molar-refractivity contribution is -0.165. The molecule has 4 nitrogen and oxygen atoms in total. The average Bonchev–Trinajstić information content (AvgIpc) is 1.94. The summed E-state index contributed by atoms with van der Waals surface area (Å²) in [5.41, 5.74) is 0. The maximum atomic E-state index is 11.8. The SMILES string of the molecule is O=C1CN(CC(F)(F)F)C(=O)CN1. The average molecular weight is 196 g/mol. The summed E-state index contributed by atoms with van der Waals surface area (Å²) in [5.74, 6) is -1.28. The van der Waals surface area contributed by atoms with Gasteiger partial charge in [0.25, 0.3) is 0 Å². The minimum atomic E-state index is -4.45. The van der Waals surface area contributed by atoms with Crippen molar-refractivity contribution in [3.05, 3.63) is 0 Å². The van der Waals surface area contributed by atoms with Crippen LogP contribution < -0.4 is 5.32 Å². The highest BCUT2D eigenvalue weighted by Gasteiger charge is 2.35. The van der Waals surface area contributed by atoms with Gasteiger partial charge in [-0.1, -0.05) is 0 Å². The zero-order valence-corrected chi connectivity index (χ0v) is 6.52. The zero-order valence-electron chi connectivity index (χ0n) is 6.52. The minimum absolute atomic E-state index is 0.352. The Morgan fingerprint density at radius 2 is 2.00 bits per heavy atom. The number of alkyl halides is 3. The Morgan fingerprint density at radius 1 is 1.38 bits per heavy atom. The predicted molar refractivity (Wildman–Crippen MR) is 35.6 cm³/mol. The molecule has 2 amide bonds. The molecule has 0 unspecified atom stereocenters. The Labute approximate surface area is 71.7 Å². The van der Waals surface area contributed by atoms with Gasteiger partial charge in [0.05, 0.1) is 13.1 Å². The number of halogens is 3. The predicted octanol–water partition coefficient (Wildman–Crippen LogP) is -0.493. The van der Waals surface area contributed by atoms with Gasteiger partial charge < -0.3 is 10.2 Å². The van der Waals surface area contributed by atoms with Crippen LogP contribution in [0.25, 0.3) is 0 Å². The van der Waals surface area contributed by atoms with Gasteiger partial charge in [-0.25, -0.2) is 0 Å². The third kappa shape index (κ3) is 2.92. The van der Waals surface area contributed by atoms with Crippen molar-refractivity contribution in [1.29, 1.82) is 0 Å². The van der Waals surface area contributed by atoms with E-state index in [0.29, 0.717) is 4.90 Å². The lowest BCUT2D eigenvalue weighted by Gasteiger charge is -2.27. The fraction of sp³-hybridized carbons (Fsp3) is 0.667. The van der Waals surface area contributed by atoms with Gasteiger partial charge in [-0.15, -0.1) is 0 Å². The summed E-state index contributed by atoms with van der Waals surface area (Å²) in [6.07, 6.45) is -4.45. The summed E-state index contributed by atoms with van der Waals surface area (Å²) in [6, 6.07) is 0. The highest BCUT2D eigenvalue weighted by molar-refractivity contribution is 5.92. The molecule has 7 heteroatoms. The van der Waals surface area contributed by atoms with E-state index in [2.05, 4.69) is 5.32 Å². The summed E-state index contributed by atoms with van der Waals surface area (Å²) in [6.45, 7) is -2.23. The van der Waals surface area contributed by atoms with E-state index in [1.54, 1.807) is 0 Å². The van der Waals surface area contributed by atoms with Gasteiger partial charge in [0.1, 0.15) is 6.54 Å². The lowest BCUT2D eigenvalue weighted by Crippen LogP contribution is -2.53. The Bertz CT molecular complexity index is 239. The van der Waals surface area contributed by atoms with E-state index < -0.39 is 31.1 Å². The first-order chi connectivity index (χ1) is 5.88. The van der Waals surface area contributed by atoms with Gasteiger partial charge in [0, 0.05) is 0 Å². The van der Waals surface area contributed by atoms with Crippen molar-refractivity contribution >= 4 is 11.8 Å². The molecule has 0 spiro atoms.